The third-order valence-corrected chi connectivity index (χ3v) is 3.30. The first-order valence-corrected chi connectivity index (χ1v) is 6.11. The van der Waals surface area contributed by atoms with E-state index in [1.165, 1.54) is 16.8 Å². The van der Waals surface area contributed by atoms with Crippen LogP contribution in [0, 0.1) is 6.92 Å². The number of benzene rings is 1. The van der Waals surface area contributed by atoms with Crippen LogP contribution >= 0.6 is 0 Å². The van der Waals surface area contributed by atoms with Gasteiger partial charge in [0, 0.05) is 30.9 Å². The molecule has 2 heteroatoms. The van der Waals surface area contributed by atoms with Crippen LogP contribution in [0.1, 0.15) is 31.9 Å². The molecule has 0 aliphatic carbocycles. The van der Waals surface area contributed by atoms with Gasteiger partial charge in [-0.2, -0.15) is 0 Å². The van der Waals surface area contributed by atoms with Gasteiger partial charge in [0.25, 0.3) is 0 Å². The van der Waals surface area contributed by atoms with Gasteiger partial charge in [0.05, 0.1) is 0 Å². The van der Waals surface area contributed by atoms with Gasteiger partial charge >= 0.3 is 0 Å². The van der Waals surface area contributed by atoms with Gasteiger partial charge in [0.2, 0.25) is 0 Å². The molecule has 2 nitrogen and oxygen atoms in total. The topological polar surface area (TPSA) is 15.3 Å². The minimum atomic E-state index is 0.183. The van der Waals surface area contributed by atoms with E-state index in [4.69, 9.17) is 0 Å². The summed E-state index contributed by atoms with van der Waals surface area (Å²) in [5.74, 6) is 0. The van der Waals surface area contributed by atoms with E-state index in [-0.39, 0.29) is 5.54 Å². The van der Waals surface area contributed by atoms with E-state index in [1.54, 1.807) is 0 Å². The van der Waals surface area contributed by atoms with Crippen LogP contribution < -0.4 is 10.2 Å². The van der Waals surface area contributed by atoms with Gasteiger partial charge in [-0.15, -0.1) is 0 Å². The summed E-state index contributed by atoms with van der Waals surface area (Å²) in [7, 11) is 0. The summed E-state index contributed by atoms with van der Waals surface area (Å²) in [6, 6.07) is 6.77. The zero-order valence-corrected chi connectivity index (χ0v) is 10.8. The number of rotatable bonds is 1. The van der Waals surface area contributed by atoms with Crippen LogP contribution in [0.15, 0.2) is 18.2 Å². The summed E-state index contributed by atoms with van der Waals surface area (Å²) in [6.07, 6.45) is 0. The number of hydrogen-bond acceptors (Lipinski definition) is 2. The number of nitrogens with zero attached hydrogens (tertiary/aromatic N) is 1. The van der Waals surface area contributed by atoms with Crippen molar-refractivity contribution in [1.82, 2.24) is 5.32 Å². The number of anilines is 1. The Morgan fingerprint density at radius 2 is 2.12 bits per heavy atom. The third kappa shape index (κ3) is 2.22. The van der Waals surface area contributed by atoms with Crippen molar-refractivity contribution in [3.63, 3.8) is 0 Å². The molecular weight excluding hydrogens is 196 g/mol. The highest BCUT2D eigenvalue weighted by atomic mass is 15.2. The molecule has 0 aromatic heterocycles. The summed E-state index contributed by atoms with van der Waals surface area (Å²) >= 11 is 0. The second-order valence-electron chi connectivity index (χ2n) is 5.38. The van der Waals surface area contributed by atoms with Gasteiger partial charge in [-0.05, 0) is 39.3 Å². The fraction of sp³-hybridized carbons (Fsp3) is 0.571. The molecule has 0 saturated heterocycles. The Kier molecular flexibility index (Phi) is 2.94. The first-order chi connectivity index (χ1) is 7.52. The molecule has 88 valence electrons. The molecule has 0 bridgehead atoms. The van der Waals surface area contributed by atoms with E-state index in [9.17, 15) is 0 Å². The second-order valence-corrected chi connectivity index (χ2v) is 5.38. The maximum absolute atomic E-state index is 3.63. The largest absolute Gasteiger partial charge is 0.370 e. The van der Waals surface area contributed by atoms with Gasteiger partial charge in [0.1, 0.15) is 0 Å². The predicted octanol–water partition coefficient (Wildman–Crippen LogP) is 2.70. The molecule has 1 heterocycles. The van der Waals surface area contributed by atoms with E-state index in [0.717, 1.165) is 19.6 Å². The lowest BCUT2D eigenvalue weighted by Gasteiger charge is -2.31. The molecule has 1 aliphatic rings. The Hall–Kier alpha value is -1.02. The van der Waals surface area contributed by atoms with E-state index >= 15 is 0 Å². The Labute approximate surface area is 98.7 Å². The lowest BCUT2D eigenvalue weighted by molar-refractivity contribution is 0.397. The molecule has 0 spiro atoms. The average Bonchev–Trinajstić information content (AvgIpc) is 2.35. The quantitative estimate of drug-likeness (QED) is 0.779. The van der Waals surface area contributed by atoms with E-state index in [2.05, 4.69) is 56.1 Å². The van der Waals surface area contributed by atoms with Gasteiger partial charge in [-0.25, -0.2) is 0 Å². The lowest BCUT2D eigenvalue weighted by atomic mass is 10.1. The number of aryl methyl sites for hydroxylation is 1. The molecule has 0 atom stereocenters. The molecular formula is C14H22N2. The zero-order valence-electron chi connectivity index (χ0n) is 10.8. The van der Waals surface area contributed by atoms with Crippen molar-refractivity contribution in [1.29, 1.82) is 0 Å². The van der Waals surface area contributed by atoms with Gasteiger partial charge in [-0.3, -0.25) is 0 Å². The fourth-order valence-corrected chi connectivity index (χ4v) is 2.40. The second kappa shape index (κ2) is 4.10. The molecule has 0 fully saturated rings. The monoisotopic (exact) mass is 218 g/mol. The van der Waals surface area contributed by atoms with E-state index in [0.29, 0.717) is 0 Å². The number of hydrogen-bond donors (Lipinski definition) is 1. The smallest absolute Gasteiger partial charge is 0.0412 e. The van der Waals surface area contributed by atoms with Gasteiger partial charge < -0.3 is 10.2 Å². The molecule has 0 unspecified atom stereocenters. The summed E-state index contributed by atoms with van der Waals surface area (Å²) in [4.78, 5) is 2.47. The number of fused-ring (bicyclic) bond motifs is 1. The number of nitrogens with one attached hydrogen (secondary N) is 1. The first kappa shape index (κ1) is 11.5. The average molecular weight is 218 g/mol. The minimum absolute atomic E-state index is 0.183. The van der Waals surface area contributed by atoms with Crippen molar-refractivity contribution in [2.24, 2.45) is 0 Å². The molecule has 1 N–H and O–H groups in total. The van der Waals surface area contributed by atoms with Crippen LogP contribution in [-0.2, 0) is 6.54 Å². The van der Waals surface area contributed by atoms with Crippen LogP contribution in [0.5, 0.6) is 0 Å². The van der Waals surface area contributed by atoms with Crippen molar-refractivity contribution in [2.75, 3.05) is 18.0 Å². The Morgan fingerprint density at radius 3 is 2.81 bits per heavy atom. The Balaban J connectivity index is 2.40. The predicted molar refractivity (Wildman–Crippen MR) is 70.0 cm³/mol. The molecule has 0 amide bonds. The molecule has 1 aromatic rings. The normalized spacial score (nSPS) is 19.1. The lowest BCUT2D eigenvalue weighted by Crippen LogP contribution is -2.46. The molecule has 16 heavy (non-hydrogen) atoms. The van der Waals surface area contributed by atoms with Crippen molar-refractivity contribution >= 4 is 5.69 Å². The fourth-order valence-electron chi connectivity index (χ4n) is 2.40. The first-order valence-electron chi connectivity index (χ1n) is 6.11. The Morgan fingerprint density at radius 1 is 1.38 bits per heavy atom. The molecule has 1 aromatic carbocycles. The summed E-state index contributed by atoms with van der Waals surface area (Å²) in [5, 5.41) is 3.63. The van der Waals surface area contributed by atoms with Crippen LogP contribution in [0.2, 0.25) is 0 Å². The highest BCUT2D eigenvalue weighted by molar-refractivity contribution is 5.56. The van der Waals surface area contributed by atoms with Crippen molar-refractivity contribution in [2.45, 2.75) is 39.8 Å². The van der Waals surface area contributed by atoms with Crippen molar-refractivity contribution in [3.05, 3.63) is 29.3 Å². The summed E-state index contributed by atoms with van der Waals surface area (Å²) in [6.45, 7) is 12.0. The third-order valence-electron chi connectivity index (χ3n) is 3.30. The minimum Gasteiger partial charge on any atom is -0.370 e. The standard InChI is InChI=1S/C14H22N2/c1-5-16-10-14(3,4)15-9-12-8-11(2)6-7-13(12)16/h6-8,15H,5,9-10H2,1-4H3. The maximum Gasteiger partial charge on any atom is 0.0412 e. The molecule has 1 aliphatic heterocycles. The highest BCUT2D eigenvalue weighted by Gasteiger charge is 2.25. The van der Waals surface area contributed by atoms with E-state index < -0.39 is 0 Å². The van der Waals surface area contributed by atoms with E-state index in [1.807, 2.05) is 0 Å². The molecule has 0 radical (unpaired) electrons. The van der Waals surface area contributed by atoms with Crippen LogP contribution in [0.25, 0.3) is 0 Å². The van der Waals surface area contributed by atoms with Crippen LogP contribution in [0.3, 0.4) is 0 Å². The SMILES string of the molecule is CCN1CC(C)(C)NCc2cc(C)ccc21. The molecule has 2 rings (SSSR count). The zero-order chi connectivity index (χ0) is 11.8. The maximum atomic E-state index is 3.63. The summed E-state index contributed by atoms with van der Waals surface area (Å²) in [5.41, 5.74) is 4.35. The summed E-state index contributed by atoms with van der Waals surface area (Å²) < 4.78 is 0. The number of likely N-dealkylation sites (N-methyl/N-ethyl adjacent to an activating group) is 1. The van der Waals surface area contributed by atoms with Gasteiger partial charge in [0.15, 0.2) is 0 Å². The Bertz CT molecular complexity index is 382. The van der Waals surface area contributed by atoms with Crippen molar-refractivity contribution in [3.8, 4) is 0 Å². The van der Waals surface area contributed by atoms with Crippen molar-refractivity contribution < 1.29 is 0 Å². The van der Waals surface area contributed by atoms with Crippen LogP contribution in [0.4, 0.5) is 5.69 Å². The highest BCUT2D eigenvalue weighted by Crippen LogP contribution is 2.26. The van der Waals surface area contributed by atoms with Crippen LogP contribution in [-0.4, -0.2) is 18.6 Å². The molecule has 0 saturated carbocycles. The van der Waals surface area contributed by atoms with Gasteiger partial charge in [-0.1, -0.05) is 17.7 Å².